The summed E-state index contributed by atoms with van der Waals surface area (Å²) in [5, 5.41) is 0. The number of nitrogens with zero attached hydrogens (tertiary/aromatic N) is 6. The summed E-state index contributed by atoms with van der Waals surface area (Å²) >= 11 is 0. The van der Waals surface area contributed by atoms with Gasteiger partial charge in [-0.15, -0.1) is 30.3 Å². The Balaban J connectivity index is 0.000000171. The Hall–Kier alpha value is -4.98. The summed E-state index contributed by atoms with van der Waals surface area (Å²) in [4.78, 5) is 24.6. The molecular formula is C41H39BIrN6O-2. The van der Waals surface area contributed by atoms with Crippen LogP contribution in [0.15, 0.2) is 120 Å². The second kappa shape index (κ2) is 14.5. The molecule has 4 heterocycles. The van der Waals surface area contributed by atoms with E-state index in [9.17, 15) is 4.79 Å². The van der Waals surface area contributed by atoms with Gasteiger partial charge in [-0.2, -0.15) is 24.3 Å². The third kappa shape index (κ3) is 6.05. The minimum Gasteiger partial charge on any atom is -0.436 e. The summed E-state index contributed by atoms with van der Waals surface area (Å²) < 4.78 is 5.61. The number of hydrogen-bond donors (Lipinski definition) is 0. The SMILES string of the molecule is CC(C)c1cccc(C(C)C)c1B1N(C)c2ccc[c-]c2-c2nccn21.Cc1ccnc2c1n(-c1ccccc1)c(=O)n2-c1[c-]cccc1.[Ir]. The Morgan fingerprint density at radius 1 is 0.740 bits per heavy atom. The molecule has 0 aliphatic carbocycles. The van der Waals surface area contributed by atoms with Crippen molar-refractivity contribution in [1.29, 1.82) is 0 Å². The van der Waals surface area contributed by atoms with Gasteiger partial charge in [-0.1, -0.05) is 81.0 Å². The molecule has 4 aromatic carbocycles. The number of rotatable bonds is 5. The van der Waals surface area contributed by atoms with Gasteiger partial charge in [0.1, 0.15) is 0 Å². The van der Waals surface area contributed by atoms with E-state index in [1.165, 1.54) is 22.3 Å². The van der Waals surface area contributed by atoms with Crippen LogP contribution in [0.4, 0.5) is 5.69 Å². The quantitative estimate of drug-likeness (QED) is 0.133. The van der Waals surface area contributed by atoms with Crippen molar-refractivity contribution in [3.05, 3.63) is 155 Å². The number of fused-ring (bicyclic) bond motifs is 4. The molecule has 7 aromatic rings. The fourth-order valence-corrected chi connectivity index (χ4v) is 6.98. The molecule has 7 nitrogen and oxygen atoms in total. The molecule has 253 valence electrons. The van der Waals surface area contributed by atoms with Crippen LogP contribution in [0.5, 0.6) is 0 Å². The van der Waals surface area contributed by atoms with Gasteiger partial charge in [0, 0.05) is 44.5 Å². The minimum absolute atomic E-state index is 0. The molecule has 9 heteroatoms. The van der Waals surface area contributed by atoms with Gasteiger partial charge in [0.05, 0.1) is 11.2 Å². The molecule has 0 saturated heterocycles. The summed E-state index contributed by atoms with van der Waals surface area (Å²) in [5.74, 6) is 1.93. The third-order valence-corrected chi connectivity index (χ3v) is 9.29. The first kappa shape index (κ1) is 34.9. The number of anilines is 1. The molecule has 8 rings (SSSR count). The Bertz CT molecular complexity index is 2280. The Morgan fingerprint density at radius 2 is 1.44 bits per heavy atom. The van der Waals surface area contributed by atoms with Crippen LogP contribution in [0.2, 0.25) is 0 Å². The first-order valence-electron chi connectivity index (χ1n) is 16.8. The number of imidazole rings is 2. The van der Waals surface area contributed by atoms with E-state index in [1.807, 2.05) is 73.8 Å². The Kier molecular flexibility index (Phi) is 10.1. The summed E-state index contributed by atoms with van der Waals surface area (Å²) in [7, 11) is 2.18. The number of pyridine rings is 1. The molecule has 0 N–H and O–H groups in total. The summed E-state index contributed by atoms with van der Waals surface area (Å²) in [6.45, 7) is 11.2. The van der Waals surface area contributed by atoms with E-state index in [0.717, 1.165) is 28.2 Å². The van der Waals surface area contributed by atoms with Crippen LogP contribution in [0.3, 0.4) is 0 Å². The van der Waals surface area contributed by atoms with E-state index in [1.54, 1.807) is 21.4 Å². The molecule has 0 saturated carbocycles. The topological polar surface area (TPSA) is 60.9 Å². The molecule has 1 radical (unpaired) electrons. The Morgan fingerprint density at radius 3 is 2.12 bits per heavy atom. The maximum Gasteiger partial charge on any atom is 0.399 e. The van der Waals surface area contributed by atoms with Gasteiger partial charge in [0.15, 0.2) is 5.65 Å². The van der Waals surface area contributed by atoms with Crippen molar-refractivity contribution in [2.75, 3.05) is 11.9 Å². The van der Waals surface area contributed by atoms with E-state index < -0.39 is 0 Å². The molecule has 1 aliphatic heterocycles. The van der Waals surface area contributed by atoms with Crippen molar-refractivity contribution in [3.8, 4) is 22.8 Å². The predicted octanol–water partition coefficient (Wildman–Crippen LogP) is 7.57. The molecular weight excluding hydrogens is 796 g/mol. The van der Waals surface area contributed by atoms with E-state index in [-0.39, 0.29) is 32.8 Å². The zero-order valence-corrected chi connectivity index (χ0v) is 31.5. The average molecular weight is 835 g/mol. The normalized spacial score (nSPS) is 12.0. The fraction of sp³-hybridized carbons (Fsp3) is 0.195. The minimum atomic E-state index is -0.143. The molecule has 50 heavy (non-hydrogen) atoms. The van der Waals surface area contributed by atoms with Gasteiger partial charge in [-0.25, -0.2) is 9.78 Å². The zero-order chi connectivity index (χ0) is 34.2. The van der Waals surface area contributed by atoms with Crippen molar-refractivity contribution in [2.24, 2.45) is 0 Å². The second-order valence-electron chi connectivity index (χ2n) is 13.1. The first-order chi connectivity index (χ1) is 23.8. The summed E-state index contributed by atoms with van der Waals surface area (Å²) in [5.41, 5.74) is 10.3. The molecule has 0 amide bonds. The third-order valence-electron chi connectivity index (χ3n) is 9.29. The van der Waals surface area contributed by atoms with Crippen LogP contribution < -0.4 is 16.0 Å². The van der Waals surface area contributed by atoms with Crippen molar-refractivity contribution in [1.82, 2.24) is 23.6 Å². The maximum atomic E-state index is 13.1. The molecule has 1 aliphatic rings. The van der Waals surface area contributed by atoms with Crippen LogP contribution in [-0.2, 0) is 20.1 Å². The van der Waals surface area contributed by atoms with Gasteiger partial charge in [0.2, 0.25) is 0 Å². The molecule has 0 atom stereocenters. The number of aromatic nitrogens is 5. The summed E-state index contributed by atoms with van der Waals surface area (Å²) in [6, 6.07) is 38.4. The number of hydrogen-bond acceptors (Lipinski definition) is 4. The zero-order valence-electron chi connectivity index (χ0n) is 29.1. The van der Waals surface area contributed by atoms with Gasteiger partial charge >= 0.3 is 12.7 Å². The van der Waals surface area contributed by atoms with E-state index in [4.69, 9.17) is 0 Å². The van der Waals surface area contributed by atoms with Crippen molar-refractivity contribution < 1.29 is 20.1 Å². The average Bonchev–Trinajstić information content (AvgIpc) is 3.72. The van der Waals surface area contributed by atoms with Gasteiger partial charge in [-0.05, 0) is 66.2 Å². The molecule has 0 bridgehead atoms. The van der Waals surface area contributed by atoms with Crippen molar-refractivity contribution in [2.45, 2.75) is 46.5 Å². The van der Waals surface area contributed by atoms with E-state index in [2.05, 4.69) is 103 Å². The Labute approximate surface area is 307 Å². The van der Waals surface area contributed by atoms with Crippen LogP contribution in [-0.4, -0.2) is 37.6 Å². The monoisotopic (exact) mass is 835 g/mol. The van der Waals surface area contributed by atoms with Crippen LogP contribution in [0, 0.1) is 19.1 Å². The van der Waals surface area contributed by atoms with Crippen LogP contribution >= 0.6 is 0 Å². The fourth-order valence-electron chi connectivity index (χ4n) is 6.98. The maximum absolute atomic E-state index is 13.1. The predicted molar refractivity (Wildman–Crippen MR) is 201 cm³/mol. The molecule has 0 fully saturated rings. The van der Waals surface area contributed by atoms with Crippen molar-refractivity contribution in [3.63, 3.8) is 0 Å². The largest absolute Gasteiger partial charge is 0.436 e. The smallest absolute Gasteiger partial charge is 0.399 e. The number of aryl methyl sites for hydroxylation is 1. The molecule has 0 unspecified atom stereocenters. The molecule has 0 spiro atoms. The van der Waals surface area contributed by atoms with Gasteiger partial charge in [-0.3, -0.25) is 14.1 Å². The van der Waals surface area contributed by atoms with Crippen LogP contribution in [0.1, 0.15) is 56.2 Å². The first-order valence-corrected chi connectivity index (χ1v) is 16.8. The van der Waals surface area contributed by atoms with E-state index >= 15 is 0 Å². The number of benzene rings is 4. The standard InChI is InChI=1S/C22H25BN3.C19H14N3O.Ir/c1-15(2)17-10-8-11-18(16(3)4)21(17)23-25(5)20-12-7-6-9-19(20)22-24-13-14-26(22)23;1-14-12-13-20-18-17(14)21(15-8-4-2-5-9-15)19(23)22(18)16-10-6-3-7-11-16;/h6-8,10-16H,1-5H3;2-10,12-13H,1H3;/q2*-1;. The van der Waals surface area contributed by atoms with Gasteiger partial charge < -0.3 is 9.29 Å². The second-order valence-corrected chi connectivity index (χ2v) is 13.1. The van der Waals surface area contributed by atoms with Gasteiger partial charge in [0.25, 0.3) is 0 Å². The van der Waals surface area contributed by atoms with E-state index in [0.29, 0.717) is 23.2 Å². The van der Waals surface area contributed by atoms with Crippen LogP contribution in [0.25, 0.3) is 33.9 Å². The number of para-hydroxylation sites is 2. The molecule has 3 aromatic heterocycles. The summed E-state index contributed by atoms with van der Waals surface area (Å²) in [6.07, 6.45) is 5.73. The van der Waals surface area contributed by atoms with Crippen molar-refractivity contribution >= 4 is 29.3 Å².